The fourth-order valence-corrected chi connectivity index (χ4v) is 4.31. The standard InChI is InChI=1S/C21H26N4O2/c1-14(27-20-8-10-25-9-2-3-16(20)13-25)4-6-19(24-22)15-5-7-18-17(11-15)12-21(26)23-18/h4-7,11,16,20H,1-3,8-10,12-13,22H2,(H,23,26)/b6-4-,24-19+/t16-,20+/m1/s1. The Hall–Kier alpha value is -2.60. The van der Waals surface area contributed by atoms with Gasteiger partial charge >= 0.3 is 0 Å². The summed E-state index contributed by atoms with van der Waals surface area (Å²) in [6, 6.07) is 5.74. The van der Waals surface area contributed by atoms with Crippen LogP contribution in [0.1, 0.15) is 30.4 Å². The van der Waals surface area contributed by atoms with Gasteiger partial charge in [-0.2, -0.15) is 5.10 Å². The number of fused-ring (bicyclic) bond motifs is 3. The molecule has 6 nitrogen and oxygen atoms in total. The van der Waals surface area contributed by atoms with Gasteiger partial charge in [0.25, 0.3) is 0 Å². The molecule has 27 heavy (non-hydrogen) atoms. The fourth-order valence-electron chi connectivity index (χ4n) is 4.31. The van der Waals surface area contributed by atoms with E-state index in [4.69, 9.17) is 10.6 Å². The average Bonchev–Trinajstić information content (AvgIpc) is 3.04. The lowest BCUT2D eigenvalue weighted by atomic mass is 9.87. The molecule has 2 fully saturated rings. The topological polar surface area (TPSA) is 79.9 Å². The Labute approximate surface area is 159 Å². The van der Waals surface area contributed by atoms with Crippen molar-refractivity contribution in [3.63, 3.8) is 0 Å². The minimum absolute atomic E-state index is 0.0134. The summed E-state index contributed by atoms with van der Waals surface area (Å²) < 4.78 is 6.14. The van der Waals surface area contributed by atoms with E-state index in [1.54, 1.807) is 0 Å². The lowest BCUT2D eigenvalue weighted by Crippen LogP contribution is -2.47. The number of amides is 1. The van der Waals surface area contributed by atoms with Crippen molar-refractivity contribution in [2.24, 2.45) is 16.9 Å². The number of piperidine rings is 2. The number of hydrazone groups is 1. The predicted octanol–water partition coefficient (Wildman–Crippen LogP) is 2.41. The van der Waals surface area contributed by atoms with Gasteiger partial charge in [-0.1, -0.05) is 12.6 Å². The number of rotatable bonds is 5. The van der Waals surface area contributed by atoms with Gasteiger partial charge in [0.05, 0.1) is 12.1 Å². The van der Waals surface area contributed by atoms with Gasteiger partial charge in [-0.05, 0) is 55.7 Å². The highest BCUT2D eigenvalue weighted by molar-refractivity contribution is 6.10. The van der Waals surface area contributed by atoms with E-state index in [9.17, 15) is 4.79 Å². The smallest absolute Gasteiger partial charge is 0.228 e. The Balaban J connectivity index is 1.40. The molecule has 1 aromatic carbocycles. The van der Waals surface area contributed by atoms with Gasteiger partial charge in [-0.25, -0.2) is 0 Å². The Bertz CT molecular complexity index is 814. The van der Waals surface area contributed by atoms with Crippen LogP contribution in [0, 0.1) is 5.92 Å². The molecule has 3 aliphatic heterocycles. The molecule has 3 N–H and O–H groups in total. The zero-order valence-electron chi connectivity index (χ0n) is 15.5. The van der Waals surface area contributed by atoms with Crippen LogP contribution < -0.4 is 11.2 Å². The number of hydrogen-bond acceptors (Lipinski definition) is 5. The highest BCUT2D eigenvalue weighted by Gasteiger charge is 2.33. The number of anilines is 1. The first kappa shape index (κ1) is 17.8. The number of nitrogens with one attached hydrogen (secondary N) is 1. The number of benzene rings is 1. The highest BCUT2D eigenvalue weighted by Crippen LogP contribution is 2.30. The number of carbonyl (C=O) groups excluding carboxylic acids is 1. The van der Waals surface area contributed by atoms with Crippen LogP contribution in [0.3, 0.4) is 0 Å². The molecule has 2 bridgehead atoms. The van der Waals surface area contributed by atoms with E-state index in [-0.39, 0.29) is 12.0 Å². The summed E-state index contributed by atoms with van der Waals surface area (Å²) in [5, 5.41) is 6.72. The zero-order chi connectivity index (χ0) is 18.8. The number of hydrogen-bond donors (Lipinski definition) is 2. The lowest BCUT2D eigenvalue weighted by Gasteiger charge is -2.42. The first-order chi connectivity index (χ1) is 13.1. The number of ether oxygens (including phenoxy) is 1. The van der Waals surface area contributed by atoms with Crippen LogP contribution >= 0.6 is 0 Å². The summed E-state index contributed by atoms with van der Waals surface area (Å²) in [5.41, 5.74) is 3.33. The molecule has 0 radical (unpaired) electrons. The molecule has 142 valence electrons. The molecule has 3 heterocycles. The van der Waals surface area contributed by atoms with Gasteiger partial charge in [0.1, 0.15) is 11.9 Å². The summed E-state index contributed by atoms with van der Waals surface area (Å²) in [5.74, 6) is 6.84. The monoisotopic (exact) mass is 366 g/mol. The summed E-state index contributed by atoms with van der Waals surface area (Å²) in [6.07, 6.45) is 7.83. The first-order valence-electron chi connectivity index (χ1n) is 9.59. The minimum Gasteiger partial charge on any atom is -0.491 e. The predicted molar refractivity (Wildman–Crippen MR) is 106 cm³/mol. The van der Waals surface area contributed by atoms with Crippen molar-refractivity contribution in [1.82, 2.24) is 4.90 Å². The first-order valence-corrected chi connectivity index (χ1v) is 9.59. The Morgan fingerprint density at radius 2 is 2.22 bits per heavy atom. The molecule has 0 saturated carbocycles. The van der Waals surface area contributed by atoms with Crippen LogP contribution in [0.15, 0.2) is 47.8 Å². The van der Waals surface area contributed by atoms with Gasteiger partial charge < -0.3 is 20.8 Å². The molecule has 2 saturated heterocycles. The van der Waals surface area contributed by atoms with Crippen molar-refractivity contribution < 1.29 is 9.53 Å². The fraction of sp³-hybridized carbons (Fsp3) is 0.429. The second-order valence-electron chi connectivity index (χ2n) is 7.56. The Morgan fingerprint density at radius 3 is 3.07 bits per heavy atom. The molecule has 0 aromatic heterocycles. The van der Waals surface area contributed by atoms with Gasteiger partial charge in [0.2, 0.25) is 5.91 Å². The molecule has 3 atom stereocenters. The van der Waals surface area contributed by atoms with E-state index < -0.39 is 0 Å². The second-order valence-corrected chi connectivity index (χ2v) is 7.56. The summed E-state index contributed by atoms with van der Waals surface area (Å²) in [6.45, 7) is 7.52. The van der Waals surface area contributed by atoms with Crippen LogP contribution in [0.2, 0.25) is 0 Å². The van der Waals surface area contributed by atoms with Gasteiger partial charge in [-0.3, -0.25) is 4.79 Å². The van der Waals surface area contributed by atoms with Crippen LogP contribution in [0.4, 0.5) is 5.69 Å². The molecular weight excluding hydrogens is 340 g/mol. The van der Waals surface area contributed by atoms with E-state index in [1.807, 2.05) is 30.4 Å². The summed E-state index contributed by atoms with van der Waals surface area (Å²) >= 11 is 0. The van der Waals surface area contributed by atoms with Crippen molar-refractivity contribution in [2.75, 3.05) is 25.0 Å². The van der Waals surface area contributed by atoms with Gasteiger partial charge in [0.15, 0.2) is 0 Å². The van der Waals surface area contributed by atoms with E-state index >= 15 is 0 Å². The van der Waals surface area contributed by atoms with E-state index in [1.165, 1.54) is 19.4 Å². The molecular formula is C21H26N4O2. The van der Waals surface area contributed by atoms with Crippen molar-refractivity contribution in [2.45, 2.75) is 31.8 Å². The summed E-state index contributed by atoms with van der Waals surface area (Å²) in [7, 11) is 0. The molecule has 6 heteroatoms. The normalized spacial score (nSPS) is 27.3. The maximum Gasteiger partial charge on any atom is 0.228 e. The average molecular weight is 366 g/mol. The Kier molecular flexibility index (Phi) is 4.99. The largest absolute Gasteiger partial charge is 0.491 e. The van der Waals surface area contributed by atoms with Crippen molar-refractivity contribution >= 4 is 17.3 Å². The molecule has 1 unspecified atom stereocenters. The second kappa shape index (κ2) is 7.56. The number of carbonyl (C=O) groups is 1. The molecule has 4 rings (SSSR count). The quantitative estimate of drug-likeness (QED) is 0.276. The van der Waals surface area contributed by atoms with Crippen molar-refractivity contribution in [3.8, 4) is 0 Å². The Morgan fingerprint density at radius 1 is 1.33 bits per heavy atom. The molecule has 0 spiro atoms. The van der Waals surface area contributed by atoms with E-state index in [0.29, 0.717) is 23.8 Å². The number of nitrogens with zero attached hydrogens (tertiary/aromatic N) is 2. The number of nitrogens with two attached hydrogens (primary N) is 1. The maximum absolute atomic E-state index is 11.5. The summed E-state index contributed by atoms with van der Waals surface area (Å²) in [4.78, 5) is 14.0. The SMILES string of the molecule is C=C(/C=C\C(=N/N)c1ccc2c(c1)CC(=O)N2)O[C@H]1CCN2CCC[C@@H]1C2. The zero-order valence-corrected chi connectivity index (χ0v) is 15.5. The highest BCUT2D eigenvalue weighted by atomic mass is 16.5. The van der Waals surface area contributed by atoms with Gasteiger partial charge in [0, 0.05) is 30.3 Å². The van der Waals surface area contributed by atoms with Crippen molar-refractivity contribution in [3.05, 3.63) is 53.8 Å². The van der Waals surface area contributed by atoms with Crippen molar-refractivity contribution in [1.29, 1.82) is 0 Å². The minimum atomic E-state index is 0.0134. The third-order valence-electron chi connectivity index (χ3n) is 5.69. The molecule has 1 amide bonds. The number of allylic oxidation sites excluding steroid dienone is 2. The van der Waals surface area contributed by atoms with Crippen LogP contribution in [-0.4, -0.2) is 42.3 Å². The molecule has 3 aliphatic rings. The van der Waals surface area contributed by atoms with Crippen LogP contribution in [0.5, 0.6) is 0 Å². The van der Waals surface area contributed by atoms with E-state index in [2.05, 4.69) is 21.9 Å². The third-order valence-corrected chi connectivity index (χ3v) is 5.69. The van der Waals surface area contributed by atoms with E-state index in [0.717, 1.165) is 36.3 Å². The lowest BCUT2D eigenvalue weighted by molar-refractivity contribution is -0.115. The van der Waals surface area contributed by atoms with Crippen LogP contribution in [0.25, 0.3) is 0 Å². The maximum atomic E-state index is 11.5. The third kappa shape index (κ3) is 3.90. The van der Waals surface area contributed by atoms with Crippen LogP contribution in [-0.2, 0) is 16.0 Å². The molecule has 0 aliphatic carbocycles. The van der Waals surface area contributed by atoms with Gasteiger partial charge in [-0.15, -0.1) is 0 Å². The molecule has 1 aromatic rings.